The molecule has 0 bridgehead atoms. The highest BCUT2D eigenvalue weighted by Crippen LogP contribution is 2.13. The number of aryl methyl sites for hydroxylation is 1. The monoisotopic (exact) mass is 185 g/mol. The highest BCUT2D eigenvalue weighted by molar-refractivity contribution is 5.55. The molecule has 0 radical (unpaired) electrons. The molecule has 0 saturated heterocycles. The molecule has 0 amide bonds. The standard InChI is InChI=1S/C11H11N3/c1-9-2-4-10(5-3-9)14-11-6-7-12-8-13-11/h2-8H,1H3,(H,12,13,14). The molecule has 3 heteroatoms. The Morgan fingerprint density at radius 2 is 1.86 bits per heavy atom. The van der Waals surface area contributed by atoms with E-state index in [-0.39, 0.29) is 0 Å². The summed E-state index contributed by atoms with van der Waals surface area (Å²) in [6.07, 6.45) is 3.24. The van der Waals surface area contributed by atoms with Crippen LogP contribution in [0.2, 0.25) is 0 Å². The average molecular weight is 185 g/mol. The summed E-state index contributed by atoms with van der Waals surface area (Å²) in [4.78, 5) is 7.92. The number of anilines is 2. The van der Waals surface area contributed by atoms with Crippen molar-refractivity contribution in [2.45, 2.75) is 6.92 Å². The van der Waals surface area contributed by atoms with Gasteiger partial charge in [0.05, 0.1) is 0 Å². The highest BCUT2D eigenvalue weighted by Gasteiger charge is 1.93. The molecule has 0 aliphatic rings. The SMILES string of the molecule is Cc1ccc(Nc2ccncn2)cc1. The summed E-state index contributed by atoms with van der Waals surface area (Å²) in [6.45, 7) is 2.06. The van der Waals surface area contributed by atoms with Gasteiger partial charge < -0.3 is 5.32 Å². The normalized spacial score (nSPS) is 9.79. The minimum Gasteiger partial charge on any atom is -0.340 e. The molecule has 0 saturated carbocycles. The third-order valence-electron chi connectivity index (χ3n) is 1.91. The molecule has 0 unspecified atom stereocenters. The fourth-order valence-corrected chi connectivity index (χ4v) is 1.15. The Bertz CT molecular complexity index is 395. The molecule has 0 aliphatic heterocycles. The summed E-state index contributed by atoms with van der Waals surface area (Å²) < 4.78 is 0. The van der Waals surface area contributed by atoms with Crippen molar-refractivity contribution in [1.82, 2.24) is 9.97 Å². The quantitative estimate of drug-likeness (QED) is 0.781. The van der Waals surface area contributed by atoms with Crippen LogP contribution < -0.4 is 5.32 Å². The Kier molecular flexibility index (Phi) is 2.40. The molecular weight excluding hydrogens is 174 g/mol. The first kappa shape index (κ1) is 8.69. The van der Waals surface area contributed by atoms with E-state index in [0.717, 1.165) is 11.5 Å². The molecule has 0 spiro atoms. The zero-order valence-electron chi connectivity index (χ0n) is 7.94. The molecular formula is C11H11N3. The molecule has 1 heterocycles. The third-order valence-corrected chi connectivity index (χ3v) is 1.91. The maximum Gasteiger partial charge on any atom is 0.133 e. The summed E-state index contributed by atoms with van der Waals surface area (Å²) in [5, 5.41) is 3.18. The van der Waals surface area contributed by atoms with E-state index < -0.39 is 0 Å². The van der Waals surface area contributed by atoms with Gasteiger partial charge >= 0.3 is 0 Å². The van der Waals surface area contributed by atoms with Crippen LogP contribution in [0.3, 0.4) is 0 Å². The van der Waals surface area contributed by atoms with E-state index in [4.69, 9.17) is 0 Å². The maximum absolute atomic E-state index is 4.07. The van der Waals surface area contributed by atoms with Crippen LogP contribution >= 0.6 is 0 Å². The van der Waals surface area contributed by atoms with Gasteiger partial charge in [-0.3, -0.25) is 0 Å². The van der Waals surface area contributed by atoms with E-state index in [2.05, 4.69) is 34.3 Å². The van der Waals surface area contributed by atoms with Gasteiger partial charge in [-0.15, -0.1) is 0 Å². The number of rotatable bonds is 2. The second-order valence-corrected chi connectivity index (χ2v) is 3.09. The molecule has 2 rings (SSSR count). The number of hydrogen-bond donors (Lipinski definition) is 1. The third kappa shape index (κ3) is 2.07. The highest BCUT2D eigenvalue weighted by atomic mass is 15.0. The van der Waals surface area contributed by atoms with Crippen LogP contribution in [0.5, 0.6) is 0 Å². The summed E-state index contributed by atoms with van der Waals surface area (Å²) >= 11 is 0. The lowest BCUT2D eigenvalue weighted by Crippen LogP contribution is -1.92. The fraction of sp³-hybridized carbons (Fsp3) is 0.0909. The van der Waals surface area contributed by atoms with Gasteiger partial charge in [0.2, 0.25) is 0 Å². The van der Waals surface area contributed by atoms with Crippen molar-refractivity contribution in [3.63, 3.8) is 0 Å². The lowest BCUT2D eigenvalue weighted by atomic mass is 10.2. The van der Waals surface area contributed by atoms with Crippen LogP contribution in [-0.2, 0) is 0 Å². The number of nitrogens with one attached hydrogen (secondary N) is 1. The Morgan fingerprint density at radius 1 is 1.07 bits per heavy atom. The predicted octanol–water partition coefficient (Wildman–Crippen LogP) is 2.53. The van der Waals surface area contributed by atoms with E-state index in [1.54, 1.807) is 6.20 Å². The minimum atomic E-state index is 0.809. The molecule has 2 aromatic rings. The number of hydrogen-bond acceptors (Lipinski definition) is 3. The molecule has 1 aromatic carbocycles. The first-order chi connectivity index (χ1) is 6.84. The fourth-order valence-electron chi connectivity index (χ4n) is 1.15. The van der Waals surface area contributed by atoms with Gasteiger partial charge in [-0.2, -0.15) is 0 Å². The second kappa shape index (κ2) is 3.87. The lowest BCUT2D eigenvalue weighted by molar-refractivity contribution is 1.17. The van der Waals surface area contributed by atoms with E-state index >= 15 is 0 Å². The van der Waals surface area contributed by atoms with Gasteiger partial charge in [0.15, 0.2) is 0 Å². The first-order valence-corrected chi connectivity index (χ1v) is 4.44. The Balaban J connectivity index is 2.16. The van der Waals surface area contributed by atoms with Gasteiger partial charge in [-0.1, -0.05) is 17.7 Å². The Morgan fingerprint density at radius 3 is 2.50 bits per heavy atom. The van der Waals surface area contributed by atoms with Gasteiger partial charge in [0.1, 0.15) is 12.1 Å². The molecule has 0 aliphatic carbocycles. The van der Waals surface area contributed by atoms with Crippen molar-refractivity contribution in [2.75, 3.05) is 5.32 Å². The van der Waals surface area contributed by atoms with Crippen molar-refractivity contribution in [1.29, 1.82) is 0 Å². The van der Waals surface area contributed by atoms with Crippen molar-refractivity contribution in [3.8, 4) is 0 Å². The summed E-state index contributed by atoms with van der Waals surface area (Å²) in [7, 11) is 0. The average Bonchev–Trinajstić information content (AvgIpc) is 2.23. The zero-order valence-corrected chi connectivity index (χ0v) is 7.94. The lowest BCUT2D eigenvalue weighted by Gasteiger charge is -2.04. The summed E-state index contributed by atoms with van der Waals surface area (Å²) in [5.74, 6) is 0.809. The molecule has 14 heavy (non-hydrogen) atoms. The molecule has 3 nitrogen and oxygen atoms in total. The van der Waals surface area contributed by atoms with Crippen LogP contribution in [0.15, 0.2) is 42.9 Å². The predicted molar refractivity (Wildman–Crippen MR) is 56.5 cm³/mol. The Labute approximate surface area is 82.8 Å². The minimum absolute atomic E-state index is 0.809. The number of nitrogens with zero attached hydrogens (tertiary/aromatic N) is 2. The molecule has 1 N–H and O–H groups in total. The van der Waals surface area contributed by atoms with Crippen molar-refractivity contribution >= 4 is 11.5 Å². The number of benzene rings is 1. The first-order valence-electron chi connectivity index (χ1n) is 4.44. The van der Waals surface area contributed by atoms with Crippen LogP contribution in [0, 0.1) is 6.92 Å². The summed E-state index contributed by atoms with van der Waals surface area (Å²) in [5.41, 5.74) is 2.28. The second-order valence-electron chi connectivity index (χ2n) is 3.09. The smallest absolute Gasteiger partial charge is 0.133 e. The van der Waals surface area contributed by atoms with Gasteiger partial charge in [-0.25, -0.2) is 9.97 Å². The number of aromatic nitrogens is 2. The zero-order chi connectivity index (χ0) is 9.80. The van der Waals surface area contributed by atoms with Crippen molar-refractivity contribution in [2.24, 2.45) is 0 Å². The largest absolute Gasteiger partial charge is 0.340 e. The molecule has 70 valence electrons. The van der Waals surface area contributed by atoms with Crippen molar-refractivity contribution in [3.05, 3.63) is 48.4 Å². The van der Waals surface area contributed by atoms with E-state index in [9.17, 15) is 0 Å². The maximum atomic E-state index is 4.07. The van der Waals surface area contributed by atoms with Crippen LogP contribution in [0.4, 0.5) is 11.5 Å². The van der Waals surface area contributed by atoms with Crippen LogP contribution in [0.25, 0.3) is 0 Å². The Hall–Kier alpha value is -1.90. The molecule has 1 aromatic heterocycles. The van der Waals surface area contributed by atoms with Crippen LogP contribution in [-0.4, -0.2) is 9.97 Å². The van der Waals surface area contributed by atoms with Gasteiger partial charge in [0, 0.05) is 11.9 Å². The summed E-state index contributed by atoms with van der Waals surface area (Å²) in [6, 6.07) is 10.0. The van der Waals surface area contributed by atoms with Gasteiger partial charge in [-0.05, 0) is 25.1 Å². The molecule has 0 atom stereocenters. The van der Waals surface area contributed by atoms with Gasteiger partial charge in [0.25, 0.3) is 0 Å². The molecule has 0 fully saturated rings. The topological polar surface area (TPSA) is 37.8 Å². The van der Waals surface area contributed by atoms with Crippen molar-refractivity contribution < 1.29 is 0 Å². The van der Waals surface area contributed by atoms with Crippen LogP contribution in [0.1, 0.15) is 5.56 Å². The van der Waals surface area contributed by atoms with E-state index in [1.807, 2.05) is 18.2 Å². The van der Waals surface area contributed by atoms with E-state index in [0.29, 0.717) is 0 Å². The van der Waals surface area contributed by atoms with E-state index in [1.165, 1.54) is 11.9 Å².